The van der Waals surface area contributed by atoms with Gasteiger partial charge in [0.2, 0.25) is 0 Å². The first-order valence-electron chi connectivity index (χ1n) is 7.31. The molecular weight excluding hydrogens is 366 g/mol. The van der Waals surface area contributed by atoms with Gasteiger partial charge in [0.25, 0.3) is 10.0 Å². The molecular formula is C16H19NO6S2. The molecule has 0 aliphatic carbocycles. The molecule has 0 aliphatic heterocycles. The van der Waals surface area contributed by atoms with Crippen LogP contribution in [0.3, 0.4) is 0 Å². The van der Waals surface area contributed by atoms with Crippen LogP contribution in [0.2, 0.25) is 0 Å². The average Bonchev–Trinajstić information content (AvgIpc) is 2.54. The summed E-state index contributed by atoms with van der Waals surface area (Å²) in [4.78, 5) is -0.213. The molecule has 0 bridgehead atoms. The summed E-state index contributed by atoms with van der Waals surface area (Å²) >= 11 is 0. The zero-order valence-corrected chi connectivity index (χ0v) is 15.4. The molecule has 0 heterocycles. The Morgan fingerprint density at radius 2 is 1.72 bits per heavy atom. The molecule has 7 nitrogen and oxygen atoms in total. The summed E-state index contributed by atoms with van der Waals surface area (Å²) in [6.45, 7) is 1.73. The molecule has 136 valence electrons. The van der Waals surface area contributed by atoms with Crippen molar-refractivity contribution in [3.8, 4) is 5.75 Å². The van der Waals surface area contributed by atoms with E-state index in [2.05, 4.69) is 4.72 Å². The Morgan fingerprint density at radius 1 is 1.04 bits per heavy atom. The van der Waals surface area contributed by atoms with Gasteiger partial charge in [-0.3, -0.25) is 4.72 Å². The lowest BCUT2D eigenvalue weighted by Gasteiger charge is -2.13. The summed E-state index contributed by atoms with van der Waals surface area (Å²) in [5.41, 5.74) is 0.972. The van der Waals surface area contributed by atoms with E-state index in [1.54, 1.807) is 25.1 Å². The number of aryl methyl sites for hydroxylation is 1. The van der Waals surface area contributed by atoms with Crippen molar-refractivity contribution in [2.45, 2.75) is 16.7 Å². The first-order chi connectivity index (χ1) is 11.6. The fraction of sp³-hybridized carbons (Fsp3) is 0.250. The molecule has 2 aromatic rings. The number of hydrogen-bond donors (Lipinski definition) is 2. The third-order valence-corrected chi connectivity index (χ3v) is 5.82. The second kappa shape index (κ2) is 7.42. The number of aliphatic hydroxyl groups excluding tert-OH is 1. The largest absolute Gasteiger partial charge is 0.491 e. The van der Waals surface area contributed by atoms with E-state index in [4.69, 9.17) is 9.84 Å². The van der Waals surface area contributed by atoms with Gasteiger partial charge in [-0.2, -0.15) is 0 Å². The maximum absolute atomic E-state index is 12.5. The van der Waals surface area contributed by atoms with Crippen LogP contribution in [0, 0.1) is 6.92 Å². The van der Waals surface area contributed by atoms with Crippen LogP contribution in [0.5, 0.6) is 5.75 Å². The van der Waals surface area contributed by atoms with Gasteiger partial charge in [-0.25, -0.2) is 16.8 Å². The van der Waals surface area contributed by atoms with Crippen LogP contribution in [0.15, 0.2) is 52.3 Å². The van der Waals surface area contributed by atoms with E-state index in [-0.39, 0.29) is 23.0 Å². The minimum Gasteiger partial charge on any atom is -0.491 e. The van der Waals surface area contributed by atoms with Crippen molar-refractivity contribution in [1.82, 2.24) is 0 Å². The van der Waals surface area contributed by atoms with Gasteiger partial charge >= 0.3 is 0 Å². The van der Waals surface area contributed by atoms with Gasteiger partial charge in [0.05, 0.1) is 22.1 Å². The third-order valence-electron chi connectivity index (χ3n) is 3.35. The molecule has 0 saturated carbocycles. The maximum atomic E-state index is 12.5. The fourth-order valence-corrected chi connectivity index (χ4v) is 4.00. The molecule has 0 aliphatic rings. The molecule has 0 amide bonds. The summed E-state index contributed by atoms with van der Waals surface area (Å²) in [7, 11) is -7.45. The Balaban J connectivity index is 2.30. The van der Waals surface area contributed by atoms with Crippen LogP contribution in [-0.4, -0.2) is 41.4 Å². The molecule has 0 atom stereocenters. The Morgan fingerprint density at radius 3 is 2.32 bits per heavy atom. The van der Waals surface area contributed by atoms with Gasteiger partial charge < -0.3 is 9.84 Å². The first kappa shape index (κ1) is 19.2. The zero-order chi connectivity index (χ0) is 18.7. The summed E-state index contributed by atoms with van der Waals surface area (Å²) in [6, 6.07) is 9.92. The van der Waals surface area contributed by atoms with Gasteiger partial charge in [0.1, 0.15) is 12.4 Å². The molecule has 2 rings (SSSR count). The number of rotatable bonds is 7. The van der Waals surface area contributed by atoms with Gasteiger partial charge in [-0.05, 0) is 48.9 Å². The highest BCUT2D eigenvalue weighted by atomic mass is 32.2. The quantitative estimate of drug-likeness (QED) is 0.749. The minimum absolute atomic E-state index is 0.0696. The Labute approximate surface area is 147 Å². The molecule has 9 heteroatoms. The predicted octanol–water partition coefficient (Wildman–Crippen LogP) is 1.57. The number of nitrogens with one attached hydrogen (secondary N) is 1. The fourth-order valence-electron chi connectivity index (χ4n) is 2.08. The highest BCUT2D eigenvalue weighted by Gasteiger charge is 2.18. The monoisotopic (exact) mass is 385 g/mol. The van der Waals surface area contributed by atoms with Crippen molar-refractivity contribution in [2.75, 3.05) is 24.2 Å². The number of sulfonamides is 1. The van der Waals surface area contributed by atoms with E-state index in [9.17, 15) is 16.8 Å². The van der Waals surface area contributed by atoms with E-state index < -0.39 is 19.9 Å². The highest BCUT2D eigenvalue weighted by Crippen LogP contribution is 2.25. The molecule has 2 N–H and O–H groups in total. The number of hydrogen-bond acceptors (Lipinski definition) is 6. The average molecular weight is 385 g/mol. The minimum atomic E-state index is -3.94. The normalized spacial score (nSPS) is 12.0. The number of anilines is 1. The van der Waals surface area contributed by atoms with Crippen molar-refractivity contribution >= 4 is 25.5 Å². The van der Waals surface area contributed by atoms with Crippen LogP contribution in [0.25, 0.3) is 0 Å². The lowest BCUT2D eigenvalue weighted by molar-refractivity contribution is 0.201. The number of benzene rings is 2. The molecule has 0 fully saturated rings. The standard InChI is InChI=1S/C16H19NO6S2/c1-12-10-13(23-9-8-18)6-7-16(12)17-25(21,22)15-5-3-4-14(11-15)24(2,19)20/h3-7,10-11,17-18H,8-9H2,1-2H3. The lowest BCUT2D eigenvalue weighted by atomic mass is 10.2. The Hall–Kier alpha value is -2.10. The van der Waals surface area contributed by atoms with Crippen molar-refractivity contribution < 1.29 is 26.7 Å². The molecule has 0 unspecified atom stereocenters. The second-order valence-corrected chi connectivity index (χ2v) is 9.10. The zero-order valence-electron chi connectivity index (χ0n) is 13.8. The summed E-state index contributed by atoms with van der Waals surface area (Å²) in [6.07, 6.45) is 1.02. The Kier molecular flexibility index (Phi) is 5.71. The summed E-state index contributed by atoms with van der Waals surface area (Å²) < 4.78 is 55.9. The van der Waals surface area contributed by atoms with Gasteiger partial charge in [-0.15, -0.1) is 0 Å². The third kappa shape index (κ3) is 4.94. The predicted molar refractivity (Wildman–Crippen MR) is 94.1 cm³/mol. The molecule has 2 aromatic carbocycles. The van der Waals surface area contributed by atoms with Crippen molar-refractivity contribution in [1.29, 1.82) is 0 Å². The van der Waals surface area contributed by atoms with Crippen molar-refractivity contribution in [2.24, 2.45) is 0 Å². The van der Waals surface area contributed by atoms with Crippen molar-refractivity contribution in [3.63, 3.8) is 0 Å². The summed E-state index contributed by atoms with van der Waals surface area (Å²) in [5.74, 6) is 0.508. The topological polar surface area (TPSA) is 110 Å². The van der Waals surface area contributed by atoms with E-state index >= 15 is 0 Å². The SMILES string of the molecule is Cc1cc(OCCO)ccc1NS(=O)(=O)c1cccc(S(C)(=O)=O)c1. The lowest BCUT2D eigenvalue weighted by Crippen LogP contribution is -2.14. The number of sulfone groups is 1. The molecule has 0 saturated heterocycles. The second-order valence-electron chi connectivity index (χ2n) is 5.40. The van der Waals surface area contributed by atoms with E-state index in [0.29, 0.717) is 17.0 Å². The smallest absolute Gasteiger partial charge is 0.261 e. The summed E-state index contributed by atoms with van der Waals surface area (Å²) in [5, 5.41) is 8.75. The van der Waals surface area contributed by atoms with Crippen LogP contribution >= 0.6 is 0 Å². The number of ether oxygens (including phenoxy) is 1. The maximum Gasteiger partial charge on any atom is 0.261 e. The van der Waals surface area contributed by atoms with Gasteiger partial charge in [0, 0.05) is 6.26 Å². The van der Waals surface area contributed by atoms with Crippen LogP contribution in [0.1, 0.15) is 5.56 Å². The van der Waals surface area contributed by atoms with Crippen LogP contribution in [-0.2, 0) is 19.9 Å². The van der Waals surface area contributed by atoms with E-state index in [1.165, 1.54) is 18.2 Å². The van der Waals surface area contributed by atoms with Crippen LogP contribution in [0.4, 0.5) is 5.69 Å². The highest BCUT2D eigenvalue weighted by molar-refractivity contribution is 7.93. The Bertz CT molecular complexity index is 968. The molecule has 0 spiro atoms. The van der Waals surface area contributed by atoms with E-state index in [0.717, 1.165) is 12.3 Å². The first-order valence-corrected chi connectivity index (χ1v) is 10.7. The van der Waals surface area contributed by atoms with Gasteiger partial charge in [0.15, 0.2) is 9.84 Å². The number of aliphatic hydroxyl groups is 1. The van der Waals surface area contributed by atoms with E-state index in [1.807, 2.05) is 0 Å². The molecule has 0 radical (unpaired) electrons. The molecule has 0 aromatic heterocycles. The molecule has 25 heavy (non-hydrogen) atoms. The van der Waals surface area contributed by atoms with Crippen molar-refractivity contribution in [3.05, 3.63) is 48.0 Å². The van der Waals surface area contributed by atoms with Crippen LogP contribution < -0.4 is 9.46 Å². The van der Waals surface area contributed by atoms with Gasteiger partial charge in [-0.1, -0.05) is 6.07 Å².